The molecule has 0 fully saturated rings. The van der Waals surface area contributed by atoms with E-state index in [2.05, 4.69) is 17.8 Å². The molecular formula is C22H27ClN2O4. The van der Waals surface area contributed by atoms with Gasteiger partial charge in [0, 0.05) is 10.6 Å². The number of unbranched alkanes of at least 4 members (excludes halogenated alkanes) is 3. The van der Waals surface area contributed by atoms with Gasteiger partial charge in [0.1, 0.15) is 11.5 Å². The highest BCUT2D eigenvalue weighted by Crippen LogP contribution is 2.20. The second kappa shape index (κ2) is 12.0. The number of amides is 2. The molecule has 7 heteroatoms. The maximum absolute atomic E-state index is 12.1. The lowest BCUT2D eigenvalue weighted by Gasteiger charge is -2.10. The third kappa shape index (κ3) is 8.03. The minimum absolute atomic E-state index is 0.230. The van der Waals surface area contributed by atoms with Gasteiger partial charge < -0.3 is 9.47 Å². The first kappa shape index (κ1) is 22.6. The van der Waals surface area contributed by atoms with Crippen LogP contribution in [-0.2, 0) is 4.79 Å². The molecule has 2 amide bonds. The molecule has 0 heterocycles. The topological polar surface area (TPSA) is 76.7 Å². The lowest BCUT2D eigenvalue weighted by Crippen LogP contribution is -2.43. The van der Waals surface area contributed by atoms with Crippen molar-refractivity contribution in [2.24, 2.45) is 0 Å². The summed E-state index contributed by atoms with van der Waals surface area (Å²) in [5.41, 5.74) is 5.95. The number of benzene rings is 2. The summed E-state index contributed by atoms with van der Waals surface area (Å²) in [7, 11) is 0. The first-order valence-electron chi connectivity index (χ1n) is 9.70. The van der Waals surface area contributed by atoms with E-state index in [1.165, 1.54) is 12.8 Å². The Hall–Kier alpha value is -2.73. The SMILES string of the molecule is CCCCCCOc1ccc(C(=O)NNC(=O)COc2ccc(Cl)c(C)c2)cc1. The molecule has 2 aromatic rings. The zero-order valence-electron chi connectivity index (χ0n) is 16.8. The second-order valence-corrected chi connectivity index (χ2v) is 7.04. The summed E-state index contributed by atoms with van der Waals surface area (Å²) >= 11 is 5.95. The van der Waals surface area contributed by atoms with E-state index >= 15 is 0 Å². The van der Waals surface area contributed by atoms with E-state index in [9.17, 15) is 9.59 Å². The number of ether oxygens (including phenoxy) is 2. The summed E-state index contributed by atoms with van der Waals surface area (Å²) in [4.78, 5) is 24.0. The third-order valence-corrected chi connectivity index (χ3v) is 4.62. The van der Waals surface area contributed by atoms with Crippen LogP contribution in [0.3, 0.4) is 0 Å². The Labute approximate surface area is 176 Å². The average molecular weight is 419 g/mol. The highest BCUT2D eigenvalue weighted by Gasteiger charge is 2.09. The van der Waals surface area contributed by atoms with Crippen LogP contribution in [0.1, 0.15) is 48.5 Å². The number of rotatable bonds is 10. The van der Waals surface area contributed by atoms with Gasteiger partial charge in [-0.05, 0) is 61.4 Å². The molecular weight excluding hydrogens is 392 g/mol. The maximum atomic E-state index is 12.1. The molecule has 2 N–H and O–H groups in total. The van der Waals surface area contributed by atoms with E-state index in [1.807, 2.05) is 6.92 Å². The highest BCUT2D eigenvalue weighted by atomic mass is 35.5. The van der Waals surface area contributed by atoms with E-state index in [-0.39, 0.29) is 6.61 Å². The smallest absolute Gasteiger partial charge is 0.276 e. The van der Waals surface area contributed by atoms with Crippen LogP contribution in [0.5, 0.6) is 11.5 Å². The molecule has 0 aliphatic rings. The van der Waals surface area contributed by atoms with Crippen LogP contribution in [0.2, 0.25) is 5.02 Å². The van der Waals surface area contributed by atoms with Gasteiger partial charge in [0.25, 0.3) is 11.8 Å². The molecule has 0 atom stereocenters. The van der Waals surface area contributed by atoms with Gasteiger partial charge in [0.15, 0.2) is 6.61 Å². The van der Waals surface area contributed by atoms with Gasteiger partial charge >= 0.3 is 0 Å². The number of nitrogens with one attached hydrogen (secondary N) is 2. The summed E-state index contributed by atoms with van der Waals surface area (Å²) in [6.45, 7) is 4.44. The van der Waals surface area contributed by atoms with Crippen LogP contribution >= 0.6 is 11.6 Å². The first-order chi connectivity index (χ1) is 14.0. The number of carbonyl (C=O) groups is 2. The zero-order valence-corrected chi connectivity index (χ0v) is 17.6. The molecule has 0 aliphatic carbocycles. The Morgan fingerprint density at radius 3 is 2.34 bits per heavy atom. The van der Waals surface area contributed by atoms with E-state index in [4.69, 9.17) is 21.1 Å². The number of halogens is 1. The summed E-state index contributed by atoms with van der Waals surface area (Å²) in [5, 5.41) is 0.627. The van der Waals surface area contributed by atoms with Crippen LogP contribution in [0.25, 0.3) is 0 Å². The Morgan fingerprint density at radius 2 is 1.66 bits per heavy atom. The van der Waals surface area contributed by atoms with Crippen LogP contribution in [0.15, 0.2) is 42.5 Å². The minimum Gasteiger partial charge on any atom is -0.494 e. The van der Waals surface area contributed by atoms with E-state index in [0.29, 0.717) is 28.7 Å². The van der Waals surface area contributed by atoms with Crippen molar-refractivity contribution < 1.29 is 19.1 Å². The maximum Gasteiger partial charge on any atom is 0.276 e. The van der Waals surface area contributed by atoms with Crippen molar-refractivity contribution >= 4 is 23.4 Å². The van der Waals surface area contributed by atoms with Crippen molar-refractivity contribution in [1.29, 1.82) is 0 Å². The van der Waals surface area contributed by atoms with Crippen LogP contribution in [0.4, 0.5) is 0 Å². The predicted molar refractivity (Wildman–Crippen MR) is 113 cm³/mol. The molecule has 156 valence electrons. The van der Waals surface area contributed by atoms with Crippen molar-refractivity contribution in [3.63, 3.8) is 0 Å². The van der Waals surface area contributed by atoms with Gasteiger partial charge in [0.2, 0.25) is 0 Å². The quantitative estimate of drug-likeness (QED) is 0.441. The van der Waals surface area contributed by atoms with Crippen molar-refractivity contribution in [3.05, 3.63) is 58.6 Å². The first-order valence-corrected chi connectivity index (χ1v) is 10.1. The Bertz CT molecular complexity index is 809. The average Bonchev–Trinajstić information content (AvgIpc) is 2.73. The summed E-state index contributed by atoms with van der Waals surface area (Å²) < 4.78 is 11.0. The van der Waals surface area contributed by atoms with Gasteiger partial charge in [-0.3, -0.25) is 20.4 Å². The number of aryl methyl sites for hydroxylation is 1. The number of hydrogen-bond acceptors (Lipinski definition) is 4. The molecule has 0 radical (unpaired) electrons. The van der Waals surface area contributed by atoms with Crippen molar-refractivity contribution in [1.82, 2.24) is 10.9 Å². The lowest BCUT2D eigenvalue weighted by molar-refractivity contribution is -0.123. The van der Waals surface area contributed by atoms with Crippen LogP contribution < -0.4 is 20.3 Å². The largest absolute Gasteiger partial charge is 0.494 e. The van der Waals surface area contributed by atoms with Gasteiger partial charge in [-0.15, -0.1) is 0 Å². The number of carbonyl (C=O) groups excluding carboxylic acids is 2. The Kier molecular flexibility index (Phi) is 9.31. The molecule has 0 saturated heterocycles. The van der Waals surface area contributed by atoms with Gasteiger partial charge in [0.05, 0.1) is 6.61 Å². The van der Waals surface area contributed by atoms with Crippen LogP contribution in [0, 0.1) is 6.92 Å². The summed E-state index contributed by atoms with van der Waals surface area (Å²) in [6, 6.07) is 11.9. The van der Waals surface area contributed by atoms with Crippen LogP contribution in [-0.4, -0.2) is 25.0 Å². The molecule has 6 nitrogen and oxygen atoms in total. The van der Waals surface area contributed by atoms with E-state index < -0.39 is 11.8 Å². The monoisotopic (exact) mass is 418 g/mol. The second-order valence-electron chi connectivity index (χ2n) is 6.64. The third-order valence-electron chi connectivity index (χ3n) is 4.20. The molecule has 2 rings (SSSR count). The highest BCUT2D eigenvalue weighted by molar-refractivity contribution is 6.31. The van der Waals surface area contributed by atoms with E-state index in [0.717, 1.165) is 18.4 Å². The minimum atomic E-state index is -0.474. The van der Waals surface area contributed by atoms with Crippen molar-refractivity contribution in [2.75, 3.05) is 13.2 Å². The van der Waals surface area contributed by atoms with Gasteiger partial charge in [-0.2, -0.15) is 0 Å². The lowest BCUT2D eigenvalue weighted by atomic mass is 10.2. The molecule has 0 unspecified atom stereocenters. The van der Waals surface area contributed by atoms with Gasteiger partial charge in [-0.25, -0.2) is 0 Å². The van der Waals surface area contributed by atoms with Crippen molar-refractivity contribution in [3.8, 4) is 11.5 Å². The zero-order chi connectivity index (χ0) is 21.1. The number of hydrogen-bond donors (Lipinski definition) is 2. The summed E-state index contributed by atoms with van der Waals surface area (Å²) in [5.74, 6) is 0.348. The summed E-state index contributed by atoms with van der Waals surface area (Å²) in [6.07, 6.45) is 4.56. The standard InChI is InChI=1S/C22H27ClN2O4/c1-3-4-5-6-13-28-18-9-7-17(8-10-18)22(27)25-24-21(26)15-29-19-11-12-20(23)16(2)14-19/h7-12,14H,3-6,13,15H2,1-2H3,(H,24,26)(H,25,27). The number of hydrazine groups is 1. The van der Waals surface area contributed by atoms with Gasteiger partial charge in [-0.1, -0.05) is 37.8 Å². The fourth-order valence-electron chi connectivity index (χ4n) is 2.51. The normalized spacial score (nSPS) is 10.3. The van der Waals surface area contributed by atoms with E-state index in [1.54, 1.807) is 42.5 Å². The molecule has 29 heavy (non-hydrogen) atoms. The Balaban J connectivity index is 1.70. The molecule has 0 bridgehead atoms. The fraction of sp³-hybridized carbons (Fsp3) is 0.364. The molecule has 0 aliphatic heterocycles. The Morgan fingerprint density at radius 1 is 0.931 bits per heavy atom. The molecule has 2 aromatic carbocycles. The fourth-order valence-corrected chi connectivity index (χ4v) is 2.63. The molecule has 0 saturated carbocycles. The predicted octanol–water partition coefficient (Wildman–Crippen LogP) is 4.45. The molecule has 0 spiro atoms. The van der Waals surface area contributed by atoms with Crippen molar-refractivity contribution in [2.45, 2.75) is 39.5 Å². The molecule has 0 aromatic heterocycles.